The van der Waals surface area contributed by atoms with Crippen molar-refractivity contribution in [2.75, 3.05) is 17.6 Å². The molecule has 2 rings (SSSR count). The fraction of sp³-hybridized carbons (Fsp3) is 0.0769. The number of nitrogens with two attached hydrogens (primary N) is 1. The highest BCUT2D eigenvalue weighted by molar-refractivity contribution is 7.92. The van der Waals surface area contributed by atoms with Crippen molar-refractivity contribution in [3.8, 4) is 5.75 Å². The number of benzene rings is 2. The minimum Gasteiger partial charge on any atom is -0.495 e. The average molecular weight is 331 g/mol. The van der Waals surface area contributed by atoms with Crippen LogP contribution in [0, 0.1) is 5.82 Å². The van der Waals surface area contributed by atoms with E-state index in [1.807, 2.05) is 0 Å². The Bertz CT molecular complexity index is 781. The third-order valence-corrected chi connectivity index (χ3v) is 4.37. The Labute approximate surface area is 126 Å². The molecule has 0 aromatic heterocycles. The minimum atomic E-state index is -3.99. The van der Waals surface area contributed by atoms with Crippen molar-refractivity contribution in [1.82, 2.24) is 0 Å². The molecule has 0 atom stereocenters. The lowest BCUT2D eigenvalue weighted by Crippen LogP contribution is -2.14. The highest BCUT2D eigenvalue weighted by atomic mass is 35.5. The summed E-state index contributed by atoms with van der Waals surface area (Å²) < 4.78 is 45.3. The van der Waals surface area contributed by atoms with Crippen LogP contribution in [-0.2, 0) is 10.0 Å². The minimum absolute atomic E-state index is 0.104. The summed E-state index contributed by atoms with van der Waals surface area (Å²) in [5.41, 5.74) is 5.68. The molecule has 3 N–H and O–H groups in total. The molecule has 0 bridgehead atoms. The van der Waals surface area contributed by atoms with Gasteiger partial charge in [-0.15, -0.1) is 0 Å². The van der Waals surface area contributed by atoms with E-state index < -0.39 is 15.8 Å². The van der Waals surface area contributed by atoms with Crippen LogP contribution in [0.15, 0.2) is 41.3 Å². The zero-order valence-corrected chi connectivity index (χ0v) is 12.5. The quantitative estimate of drug-likeness (QED) is 0.845. The molecule has 2 aromatic rings. The third-order valence-electron chi connectivity index (χ3n) is 2.71. The molecule has 5 nitrogen and oxygen atoms in total. The summed E-state index contributed by atoms with van der Waals surface area (Å²) in [6, 6.07) is 7.96. The van der Waals surface area contributed by atoms with E-state index in [-0.39, 0.29) is 21.4 Å². The first-order valence-electron chi connectivity index (χ1n) is 5.75. The van der Waals surface area contributed by atoms with Crippen LogP contribution in [0.2, 0.25) is 5.02 Å². The van der Waals surface area contributed by atoms with Gasteiger partial charge in [0.25, 0.3) is 10.0 Å². The zero-order valence-electron chi connectivity index (χ0n) is 10.9. The van der Waals surface area contributed by atoms with E-state index in [9.17, 15) is 12.8 Å². The number of methoxy groups -OCH3 is 1. The molecular weight excluding hydrogens is 319 g/mol. The van der Waals surface area contributed by atoms with E-state index in [2.05, 4.69) is 4.72 Å². The Balaban J connectivity index is 2.41. The summed E-state index contributed by atoms with van der Waals surface area (Å²) in [4.78, 5) is -0.104. The van der Waals surface area contributed by atoms with Crippen molar-refractivity contribution >= 4 is 33.0 Å². The maximum Gasteiger partial charge on any atom is 0.262 e. The number of rotatable bonds is 4. The van der Waals surface area contributed by atoms with Crippen LogP contribution in [0.5, 0.6) is 5.75 Å². The Kier molecular flexibility index (Phi) is 4.24. The fourth-order valence-electron chi connectivity index (χ4n) is 1.64. The molecule has 0 fully saturated rings. The Hall–Kier alpha value is -1.99. The molecular formula is C13H12ClFN2O3S. The number of hydrogen-bond donors (Lipinski definition) is 2. The summed E-state index contributed by atoms with van der Waals surface area (Å²) in [5.74, 6) is -0.630. The fourth-order valence-corrected chi connectivity index (χ4v) is 2.89. The number of ether oxygens (including phenoxy) is 1. The summed E-state index contributed by atoms with van der Waals surface area (Å²) in [7, 11) is -2.62. The summed E-state index contributed by atoms with van der Waals surface area (Å²) in [6.45, 7) is 0. The number of nitrogens with one attached hydrogen (secondary N) is 1. The maximum absolute atomic E-state index is 13.8. The molecule has 0 unspecified atom stereocenters. The molecule has 2 aromatic carbocycles. The topological polar surface area (TPSA) is 81.4 Å². The average Bonchev–Trinajstić information content (AvgIpc) is 2.44. The van der Waals surface area contributed by atoms with Gasteiger partial charge in [-0.05, 0) is 24.3 Å². The molecule has 0 aliphatic rings. The first kappa shape index (κ1) is 15.4. The van der Waals surface area contributed by atoms with Gasteiger partial charge in [0.05, 0.1) is 28.4 Å². The van der Waals surface area contributed by atoms with E-state index in [1.165, 1.54) is 43.5 Å². The summed E-state index contributed by atoms with van der Waals surface area (Å²) in [5, 5.41) is -0.176. The zero-order chi connectivity index (χ0) is 15.6. The lowest BCUT2D eigenvalue weighted by molar-refractivity contribution is 0.415. The van der Waals surface area contributed by atoms with Crippen molar-refractivity contribution in [1.29, 1.82) is 0 Å². The molecule has 0 amide bonds. The van der Waals surface area contributed by atoms with E-state index in [0.717, 1.165) is 0 Å². The Morgan fingerprint density at radius 3 is 2.67 bits per heavy atom. The third kappa shape index (κ3) is 3.20. The first-order valence-corrected chi connectivity index (χ1v) is 7.61. The van der Waals surface area contributed by atoms with Gasteiger partial charge in [0.15, 0.2) is 5.82 Å². The van der Waals surface area contributed by atoms with Crippen molar-refractivity contribution in [3.63, 3.8) is 0 Å². The highest BCUT2D eigenvalue weighted by Gasteiger charge is 2.18. The SMILES string of the molecule is COc1cc(S(=O)(=O)Nc2cccc(Cl)c2F)ccc1N. The molecule has 0 aliphatic heterocycles. The highest BCUT2D eigenvalue weighted by Crippen LogP contribution is 2.28. The standard InChI is InChI=1S/C13H12ClFN2O3S/c1-20-12-7-8(5-6-10(12)16)21(18,19)17-11-4-2-3-9(14)13(11)15/h2-7,17H,16H2,1H3. The predicted molar refractivity (Wildman–Crippen MR) is 79.6 cm³/mol. The van der Waals surface area contributed by atoms with Crippen LogP contribution in [0.1, 0.15) is 0 Å². The molecule has 0 aliphatic carbocycles. The molecule has 0 spiro atoms. The lowest BCUT2D eigenvalue weighted by atomic mass is 10.3. The van der Waals surface area contributed by atoms with Crippen LogP contribution in [0.25, 0.3) is 0 Å². The second-order valence-electron chi connectivity index (χ2n) is 4.11. The van der Waals surface area contributed by atoms with Gasteiger partial charge >= 0.3 is 0 Å². The summed E-state index contributed by atoms with van der Waals surface area (Å²) >= 11 is 5.61. The molecule has 21 heavy (non-hydrogen) atoms. The number of halogens is 2. The second-order valence-corrected chi connectivity index (χ2v) is 6.20. The monoisotopic (exact) mass is 330 g/mol. The van der Waals surface area contributed by atoms with E-state index >= 15 is 0 Å². The van der Waals surface area contributed by atoms with E-state index in [0.29, 0.717) is 5.69 Å². The maximum atomic E-state index is 13.8. The van der Waals surface area contributed by atoms with Crippen LogP contribution in [0.3, 0.4) is 0 Å². The number of nitrogen functional groups attached to an aromatic ring is 1. The van der Waals surface area contributed by atoms with Gasteiger partial charge < -0.3 is 10.5 Å². The second kappa shape index (κ2) is 5.79. The summed E-state index contributed by atoms with van der Waals surface area (Å²) in [6.07, 6.45) is 0. The van der Waals surface area contributed by atoms with Crippen molar-refractivity contribution in [2.24, 2.45) is 0 Å². The van der Waals surface area contributed by atoms with Gasteiger partial charge in [-0.25, -0.2) is 12.8 Å². The first-order chi connectivity index (χ1) is 9.85. The van der Waals surface area contributed by atoms with Crippen LogP contribution in [-0.4, -0.2) is 15.5 Å². The Morgan fingerprint density at radius 2 is 2.00 bits per heavy atom. The number of sulfonamides is 1. The largest absolute Gasteiger partial charge is 0.495 e. The van der Waals surface area contributed by atoms with Crippen LogP contribution < -0.4 is 15.2 Å². The number of anilines is 2. The predicted octanol–water partition coefficient (Wildman–Crippen LogP) is 2.87. The number of hydrogen-bond acceptors (Lipinski definition) is 4. The van der Waals surface area contributed by atoms with Gasteiger partial charge in [0.1, 0.15) is 5.75 Å². The molecule has 0 saturated carbocycles. The molecule has 0 radical (unpaired) electrons. The van der Waals surface area contributed by atoms with Crippen molar-refractivity contribution in [2.45, 2.75) is 4.90 Å². The van der Waals surface area contributed by atoms with Crippen LogP contribution >= 0.6 is 11.6 Å². The Morgan fingerprint density at radius 1 is 1.29 bits per heavy atom. The van der Waals surface area contributed by atoms with Gasteiger partial charge in [-0.3, -0.25) is 4.72 Å². The van der Waals surface area contributed by atoms with Gasteiger partial charge in [0, 0.05) is 6.07 Å². The molecule has 112 valence electrons. The van der Waals surface area contributed by atoms with E-state index in [1.54, 1.807) is 0 Å². The molecule has 0 heterocycles. The van der Waals surface area contributed by atoms with Gasteiger partial charge in [-0.2, -0.15) is 0 Å². The molecule has 8 heteroatoms. The van der Waals surface area contributed by atoms with Crippen LogP contribution in [0.4, 0.5) is 15.8 Å². The lowest BCUT2D eigenvalue weighted by Gasteiger charge is -2.11. The van der Waals surface area contributed by atoms with E-state index in [4.69, 9.17) is 22.1 Å². The normalized spacial score (nSPS) is 11.2. The van der Waals surface area contributed by atoms with Gasteiger partial charge in [-0.1, -0.05) is 17.7 Å². The molecule has 0 saturated heterocycles. The smallest absolute Gasteiger partial charge is 0.262 e. The van der Waals surface area contributed by atoms with Crippen molar-refractivity contribution in [3.05, 3.63) is 47.2 Å². The van der Waals surface area contributed by atoms with Gasteiger partial charge in [0.2, 0.25) is 0 Å². The van der Waals surface area contributed by atoms with Crippen molar-refractivity contribution < 1.29 is 17.5 Å².